The predicted octanol–water partition coefficient (Wildman–Crippen LogP) is 4.81. The summed E-state index contributed by atoms with van der Waals surface area (Å²) >= 11 is 0. The monoisotopic (exact) mass is 482 g/mol. The quantitative estimate of drug-likeness (QED) is 0.469. The molecule has 0 heterocycles. The van der Waals surface area contributed by atoms with Crippen molar-refractivity contribution in [3.8, 4) is 17.2 Å². The Morgan fingerprint density at radius 2 is 1.71 bits per heavy atom. The summed E-state index contributed by atoms with van der Waals surface area (Å²) in [6.45, 7) is 4.60. The maximum atomic E-state index is 13.3. The maximum absolute atomic E-state index is 13.3. The van der Waals surface area contributed by atoms with Crippen LogP contribution in [0.15, 0.2) is 42.5 Å². The van der Waals surface area contributed by atoms with Crippen molar-refractivity contribution in [1.29, 1.82) is 0 Å². The molecule has 2 N–H and O–H groups in total. The molecule has 7 nitrogen and oxygen atoms in total. The highest BCUT2D eigenvalue weighted by Gasteiger charge is 2.26. The van der Waals surface area contributed by atoms with Gasteiger partial charge in [-0.1, -0.05) is 51.3 Å². The van der Waals surface area contributed by atoms with Crippen molar-refractivity contribution in [3.63, 3.8) is 0 Å². The summed E-state index contributed by atoms with van der Waals surface area (Å²) in [7, 11) is 1.54. The molecule has 2 aromatic carbocycles. The molecular formula is C28H38N2O5. The largest absolute Gasteiger partial charge is 0.493 e. The number of carbonyl (C=O) groups is 2. The van der Waals surface area contributed by atoms with Gasteiger partial charge in [-0.2, -0.15) is 0 Å². The molecule has 0 bridgehead atoms. The van der Waals surface area contributed by atoms with Crippen molar-refractivity contribution in [3.05, 3.63) is 53.6 Å². The normalized spacial score (nSPS) is 14.7. The second kappa shape index (κ2) is 13.0. The lowest BCUT2D eigenvalue weighted by Gasteiger charge is -2.34. The first-order chi connectivity index (χ1) is 16.9. The van der Waals surface area contributed by atoms with Crippen LogP contribution in [0.1, 0.15) is 69.4 Å². The Labute approximate surface area is 208 Å². The van der Waals surface area contributed by atoms with Crippen LogP contribution < -0.4 is 19.9 Å². The van der Waals surface area contributed by atoms with E-state index in [9.17, 15) is 9.59 Å². The van der Waals surface area contributed by atoms with Crippen LogP contribution in [0.25, 0.3) is 0 Å². The van der Waals surface area contributed by atoms with Gasteiger partial charge in [0.05, 0.1) is 7.11 Å². The number of benzene rings is 2. The van der Waals surface area contributed by atoms with Crippen LogP contribution in [0.5, 0.6) is 17.2 Å². The summed E-state index contributed by atoms with van der Waals surface area (Å²) in [5.41, 5.74) is 7.37. The molecule has 0 radical (unpaired) electrons. The van der Waals surface area contributed by atoms with Gasteiger partial charge in [-0.15, -0.1) is 0 Å². The molecule has 2 amide bonds. The van der Waals surface area contributed by atoms with Crippen LogP contribution in [0.2, 0.25) is 0 Å². The number of rotatable bonds is 12. The van der Waals surface area contributed by atoms with Gasteiger partial charge in [0, 0.05) is 12.6 Å². The van der Waals surface area contributed by atoms with Gasteiger partial charge >= 0.3 is 0 Å². The van der Waals surface area contributed by atoms with Gasteiger partial charge in [-0.25, -0.2) is 0 Å². The maximum Gasteiger partial charge on any atom is 0.261 e. The minimum absolute atomic E-state index is 0.00385. The smallest absolute Gasteiger partial charge is 0.261 e. The molecule has 35 heavy (non-hydrogen) atoms. The number of hydrogen-bond acceptors (Lipinski definition) is 5. The molecule has 1 atom stereocenters. The summed E-state index contributed by atoms with van der Waals surface area (Å²) in [6, 6.07) is 13.7. The average Bonchev–Trinajstić information content (AvgIpc) is 2.89. The van der Waals surface area contributed by atoms with Gasteiger partial charge < -0.3 is 24.8 Å². The molecule has 1 fully saturated rings. The molecule has 2 aromatic rings. The fraction of sp³-hybridized carbons (Fsp3) is 0.500. The van der Waals surface area contributed by atoms with Crippen molar-refractivity contribution < 1.29 is 23.8 Å². The lowest BCUT2D eigenvalue weighted by molar-refractivity contribution is -0.137. The number of carbonyl (C=O) groups excluding carboxylic acids is 2. The third kappa shape index (κ3) is 7.64. The Morgan fingerprint density at radius 1 is 1.00 bits per heavy atom. The van der Waals surface area contributed by atoms with Gasteiger partial charge in [0.1, 0.15) is 5.75 Å². The lowest BCUT2D eigenvalue weighted by Crippen LogP contribution is -2.43. The highest BCUT2D eigenvalue weighted by Crippen LogP contribution is 2.30. The minimum atomic E-state index is -0.556. The summed E-state index contributed by atoms with van der Waals surface area (Å²) in [5.74, 6) is 1.55. The van der Waals surface area contributed by atoms with E-state index in [4.69, 9.17) is 19.9 Å². The van der Waals surface area contributed by atoms with Crippen LogP contribution in [0, 0.1) is 0 Å². The van der Waals surface area contributed by atoms with Gasteiger partial charge in [0.2, 0.25) is 0 Å². The zero-order chi connectivity index (χ0) is 25.2. The first-order valence-corrected chi connectivity index (χ1v) is 12.5. The Kier molecular flexibility index (Phi) is 9.82. The average molecular weight is 483 g/mol. The molecule has 0 spiro atoms. The van der Waals surface area contributed by atoms with E-state index < -0.39 is 5.91 Å². The first-order valence-electron chi connectivity index (χ1n) is 12.5. The Hall–Kier alpha value is -3.22. The molecule has 0 saturated heterocycles. The second-order valence-electron chi connectivity index (χ2n) is 9.22. The molecular weight excluding hydrogens is 444 g/mol. The fourth-order valence-electron chi connectivity index (χ4n) is 4.45. The minimum Gasteiger partial charge on any atom is -0.493 e. The van der Waals surface area contributed by atoms with E-state index >= 15 is 0 Å². The van der Waals surface area contributed by atoms with E-state index in [1.54, 1.807) is 13.2 Å². The third-order valence-electron chi connectivity index (χ3n) is 6.71. The summed E-state index contributed by atoms with van der Waals surface area (Å²) in [5, 5.41) is 0. The number of nitrogens with two attached hydrogens (primary N) is 1. The summed E-state index contributed by atoms with van der Waals surface area (Å²) < 4.78 is 16.8. The van der Waals surface area contributed by atoms with Crippen molar-refractivity contribution in [2.24, 2.45) is 5.73 Å². The van der Waals surface area contributed by atoms with Gasteiger partial charge in [-0.05, 0) is 60.6 Å². The van der Waals surface area contributed by atoms with E-state index in [2.05, 4.69) is 26.0 Å². The molecule has 7 heteroatoms. The molecule has 1 aliphatic rings. The van der Waals surface area contributed by atoms with E-state index in [0.29, 0.717) is 29.7 Å². The molecule has 0 aliphatic heterocycles. The predicted molar refractivity (Wildman–Crippen MR) is 136 cm³/mol. The molecule has 1 aliphatic carbocycles. The van der Waals surface area contributed by atoms with Gasteiger partial charge in [-0.3, -0.25) is 9.59 Å². The Morgan fingerprint density at radius 3 is 2.34 bits per heavy atom. The van der Waals surface area contributed by atoms with Crippen molar-refractivity contribution in [2.75, 3.05) is 20.3 Å². The van der Waals surface area contributed by atoms with E-state index in [-0.39, 0.29) is 25.2 Å². The van der Waals surface area contributed by atoms with Crippen molar-refractivity contribution >= 4 is 11.8 Å². The van der Waals surface area contributed by atoms with Crippen LogP contribution in [-0.2, 0) is 16.1 Å². The highest BCUT2D eigenvalue weighted by atomic mass is 16.5. The van der Waals surface area contributed by atoms with Crippen molar-refractivity contribution in [1.82, 2.24) is 4.90 Å². The third-order valence-corrected chi connectivity index (χ3v) is 6.71. The number of methoxy groups -OCH3 is 1. The SMILES string of the molecule is CC[C@@H](C)c1ccc(OCC(=O)N(Cc2ccc(OCC(N)=O)c(OC)c2)C2CCCCC2)cc1. The molecule has 190 valence electrons. The summed E-state index contributed by atoms with van der Waals surface area (Å²) in [6.07, 6.45) is 6.51. The first kappa shape index (κ1) is 26.4. The van der Waals surface area contributed by atoms with Crippen LogP contribution in [0.3, 0.4) is 0 Å². The number of hydrogen-bond donors (Lipinski definition) is 1. The Balaban J connectivity index is 1.70. The number of ether oxygens (including phenoxy) is 3. The topological polar surface area (TPSA) is 91.1 Å². The molecule has 0 aromatic heterocycles. The van der Waals surface area contributed by atoms with Crippen LogP contribution in [0.4, 0.5) is 0 Å². The summed E-state index contributed by atoms with van der Waals surface area (Å²) in [4.78, 5) is 26.3. The number of primary amides is 1. The van der Waals surface area contributed by atoms with Crippen LogP contribution >= 0.6 is 0 Å². The number of nitrogens with zero attached hydrogens (tertiary/aromatic N) is 1. The molecule has 3 rings (SSSR count). The molecule has 0 unspecified atom stereocenters. The van der Waals surface area contributed by atoms with Gasteiger partial charge in [0.15, 0.2) is 24.7 Å². The zero-order valence-corrected chi connectivity index (χ0v) is 21.1. The van der Waals surface area contributed by atoms with Crippen molar-refractivity contribution in [2.45, 2.75) is 70.9 Å². The van der Waals surface area contributed by atoms with Crippen LogP contribution in [-0.4, -0.2) is 43.1 Å². The number of amides is 2. The zero-order valence-electron chi connectivity index (χ0n) is 21.1. The molecule has 1 saturated carbocycles. The fourth-order valence-corrected chi connectivity index (χ4v) is 4.45. The lowest BCUT2D eigenvalue weighted by atomic mass is 9.93. The van der Waals surface area contributed by atoms with E-state index in [0.717, 1.165) is 37.7 Å². The van der Waals surface area contributed by atoms with Gasteiger partial charge in [0.25, 0.3) is 11.8 Å². The second-order valence-corrected chi connectivity index (χ2v) is 9.22. The van der Waals surface area contributed by atoms with E-state index in [1.165, 1.54) is 12.0 Å². The standard InChI is InChI=1S/C28H38N2O5/c1-4-20(2)22-11-13-24(14-12-22)34-19-28(32)30(23-8-6-5-7-9-23)17-21-10-15-25(26(16-21)33-3)35-18-27(29)31/h10-16,20,23H,4-9,17-19H2,1-3H3,(H2,29,31)/t20-/m1/s1. The van der Waals surface area contributed by atoms with E-state index in [1.807, 2.05) is 29.2 Å². The highest BCUT2D eigenvalue weighted by molar-refractivity contribution is 5.78. The Bertz CT molecular complexity index is 970.